The minimum atomic E-state index is -4.57. The lowest BCUT2D eigenvalue weighted by atomic mass is 9.94. The summed E-state index contributed by atoms with van der Waals surface area (Å²) in [6.07, 6.45) is -0.503. The number of halogens is 4. The molecule has 1 aliphatic rings. The van der Waals surface area contributed by atoms with Gasteiger partial charge in [-0.1, -0.05) is 54.5 Å². The van der Waals surface area contributed by atoms with E-state index < -0.39 is 11.7 Å². The number of nitrogens with zero attached hydrogens (tertiary/aromatic N) is 2. The second kappa shape index (κ2) is 9.71. The van der Waals surface area contributed by atoms with E-state index in [2.05, 4.69) is 28.7 Å². The molecule has 0 unspecified atom stereocenters. The van der Waals surface area contributed by atoms with Gasteiger partial charge in [0.15, 0.2) is 5.13 Å². The van der Waals surface area contributed by atoms with Crippen molar-refractivity contribution in [3.63, 3.8) is 0 Å². The maximum atomic E-state index is 13.4. The highest BCUT2D eigenvalue weighted by molar-refractivity contribution is 7.16. The Kier molecular flexibility index (Phi) is 7.44. The van der Waals surface area contributed by atoms with Crippen molar-refractivity contribution in [2.24, 2.45) is 0 Å². The van der Waals surface area contributed by atoms with Gasteiger partial charge in [-0.05, 0) is 37.9 Å². The van der Waals surface area contributed by atoms with Crippen LogP contribution in [0.2, 0.25) is 5.02 Å². The third kappa shape index (κ3) is 5.67. The monoisotopic (exact) mass is 471 g/mol. The molecule has 1 fully saturated rings. The quantitative estimate of drug-likeness (QED) is 0.473. The van der Waals surface area contributed by atoms with Crippen LogP contribution in [-0.2, 0) is 17.5 Å². The summed E-state index contributed by atoms with van der Waals surface area (Å²) in [6.45, 7) is 9.07. The van der Waals surface area contributed by atoms with Crippen LogP contribution in [0.1, 0.15) is 50.0 Å². The molecule has 4 nitrogen and oxygen atoms in total. The molecule has 0 spiro atoms. The second-order valence-corrected chi connectivity index (χ2v) is 9.15. The summed E-state index contributed by atoms with van der Waals surface area (Å²) >= 11 is 7.08. The third-order valence-corrected chi connectivity index (χ3v) is 6.70. The highest BCUT2D eigenvalue weighted by atomic mass is 35.5. The number of benzene rings is 1. The number of nitrogens with one attached hydrogen (secondary N) is 1. The Morgan fingerprint density at radius 3 is 2.77 bits per heavy atom. The summed E-state index contributed by atoms with van der Waals surface area (Å²) in [4.78, 5) is 19.1. The molecule has 3 rings (SSSR count). The maximum absolute atomic E-state index is 13.4. The number of piperidine rings is 1. The molecule has 0 radical (unpaired) electrons. The number of rotatable bonds is 6. The first-order chi connectivity index (χ1) is 14.6. The van der Waals surface area contributed by atoms with Gasteiger partial charge in [0.1, 0.15) is 0 Å². The predicted octanol–water partition coefficient (Wildman–Crippen LogP) is 6.76. The van der Waals surface area contributed by atoms with Crippen LogP contribution in [0.25, 0.3) is 11.3 Å². The topological polar surface area (TPSA) is 45.2 Å². The minimum Gasteiger partial charge on any atom is -0.302 e. The summed E-state index contributed by atoms with van der Waals surface area (Å²) in [5.74, 6) is -0.283. The summed E-state index contributed by atoms with van der Waals surface area (Å²) < 4.78 is 40.2. The molecule has 2 aromatic rings. The van der Waals surface area contributed by atoms with E-state index in [9.17, 15) is 18.0 Å². The molecule has 0 bridgehead atoms. The number of likely N-dealkylation sites (tertiary alicyclic amines) is 1. The SMILES string of the molecule is C=C(CC)[C@@H]1CCCCN1Cc1sc(NC(C)=O)nc1-c1ccc(Cl)c(C(F)(F)F)c1. The standard InChI is InChI=1S/C22H25ClF3N3OS/c1-4-13(2)18-7-5-6-10-29(18)12-19-20(28-21(31-19)27-14(3)30)15-8-9-17(23)16(11-15)22(24,25)26/h8-9,11,18H,2,4-7,10,12H2,1,3H3,(H,27,28,30)/t18-/m0/s1. The van der Waals surface area contributed by atoms with Crippen LogP contribution >= 0.6 is 22.9 Å². The van der Waals surface area contributed by atoms with Gasteiger partial charge in [-0.3, -0.25) is 9.69 Å². The summed E-state index contributed by atoms with van der Waals surface area (Å²) in [5, 5.41) is 2.67. The molecular weight excluding hydrogens is 447 g/mol. The Morgan fingerprint density at radius 1 is 1.39 bits per heavy atom. The molecule has 1 atom stereocenters. The average molecular weight is 472 g/mol. The molecule has 2 heterocycles. The molecule has 31 heavy (non-hydrogen) atoms. The normalized spacial score (nSPS) is 17.5. The minimum absolute atomic E-state index is 0.230. The molecule has 1 amide bonds. The van der Waals surface area contributed by atoms with E-state index in [-0.39, 0.29) is 17.0 Å². The summed E-state index contributed by atoms with van der Waals surface area (Å²) in [5.41, 5.74) is 1.01. The Labute approximate surface area is 189 Å². The number of carbonyl (C=O) groups excluding carboxylic acids is 1. The number of aromatic nitrogens is 1. The number of thiazole rings is 1. The van der Waals surface area contributed by atoms with Gasteiger partial charge in [-0.25, -0.2) is 4.98 Å². The summed E-state index contributed by atoms with van der Waals surface area (Å²) in [6, 6.07) is 4.03. The van der Waals surface area contributed by atoms with Gasteiger partial charge in [0.2, 0.25) is 5.91 Å². The van der Waals surface area contributed by atoms with Gasteiger partial charge in [-0.15, -0.1) is 0 Å². The van der Waals surface area contributed by atoms with Crippen LogP contribution in [0, 0.1) is 0 Å². The van der Waals surface area contributed by atoms with Gasteiger partial charge in [0.25, 0.3) is 0 Å². The fraction of sp³-hybridized carbons (Fsp3) is 0.455. The zero-order chi connectivity index (χ0) is 22.8. The van der Waals surface area contributed by atoms with Crippen molar-refractivity contribution in [1.29, 1.82) is 0 Å². The van der Waals surface area contributed by atoms with E-state index in [0.29, 0.717) is 22.9 Å². The van der Waals surface area contributed by atoms with Crippen molar-refractivity contribution in [3.8, 4) is 11.3 Å². The summed E-state index contributed by atoms with van der Waals surface area (Å²) in [7, 11) is 0. The molecule has 1 N–H and O–H groups in total. The molecule has 1 aliphatic heterocycles. The Balaban J connectivity index is 2.02. The van der Waals surface area contributed by atoms with E-state index in [1.165, 1.54) is 30.4 Å². The zero-order valence-electron chi connectivity index (χ0n) is 17.5. The van der Waals surface area contributed by atoms with Crippen LogP contribution < -0.4 is 5.32 Å². The fourth-order valence-corrected chi connectivity index (χ4v) is 5.12. The number of alkyl halides is 3. The zero-order valence-corrected chi connectivity index (χ0v) is 19.1. The van der Waals surface area contributed by atoms with Gasteiger partial charge in [0.05, 0.1) is 16.3 Å². The van der Waals surface area contributed by atoms with Crippen LogP contribution in [-0.4, -0.2) is 28.4 Å². The number of anilines is 1. The van der Waals surface area contributed by atoms with E-state index >= 15 is 0 Å². The molecule has 9 heteroatoms. The Bertz CT molecular complexity index is 973. The highest BCUT2D eigenvalue weighted by Crippen LogP contribution is 2.40. The lowest BCUT2D eigenvalue weighted by Gasteiger charge is -2.36. The lowest BCUT2D eigenvalue weighted by Crippen LogP contribution is -2.39. The number of amides is 1. The second-order valence-electron chi connectivity index (χ2n) is 7.66. The van der Waals surface area contributed by atoms with Crippen molar-refractivity contribution in [1.82, 2.24) is 9.88 Å². The molecular formula is C22H25ClF3N3OS. The van der Waals surface area contributed by atoms with Gasteiger partial charge in [0, 0.05) is 30.0 Å². The molecule has 1 aromatic heterocycles. The van der Waals surface area contributed by atoms with Gasteiger partial charge in [-0.2, -0.15) is 13.2 Å². The molecule has 1 aromatic carbocycles. The van der Waals surface area contributed by atoms with Gasteiger partial charge < -0.3 is 5.32 Å². The lowest BCUT2D eigenvalue weighted by molar-refractivity contribution is -0.137. The predicted molar refractivity (Wildman–Crippen MR) is 119 cm³/mol. The van der Waals surface area contributed by atoms with Crippen LogP contribution in [0.3, 0.4) is 0 Å². The maximum Gasteiger partial charge on any atom is 0.417 e. The third-order valence-electron chi connectivity index (χ3n) is 5.41. The van der Waals surface area contributed by atoms with Crippen molar-refractivity contribution in [2.75, 3.05) is 11.9 Å². The van der Waals surface area contributed by atoms with Crippen molar-refractivity contribution in [2.45, 2.75) is 58.3 Å². The van der Waals surface area contributed by atoms with Crippen LogP contribution in [0.15, 0.2) is 30.4 Å². The van der Waals surface area contributed by atoms with E-state index in [1.807, 2.05) is 0 Å². The first-order valence-electron chi connectivity index (χ1n) is 10.2. The molecule has 0 aliphatic carbocycles. The Morgan fingerprint density at radius 2 is 2.13 bits per heavy atom. The van der Waals surface area contributed by atoms with Crippen molar-refractivity contribution < 1.29 is 18.0 Å². The molecule has 1 saturated heterocycles. The first kappa shape index (κ1) is 23.8. The van der Waals surface area contributed by atoms with E-state index in [0.717, 1.165) is 48.7 Å². The highest BCUT2D eigenvalue weighted by Gasteiger charge is 2.34. The smallest absolute Gasteiger partial charge is 0.302 e. The van der Waals surface area contributed by atoms with Crippen LogP contribution in [0.5, 0.6) is 0 Å². The van der Waals surface area contributed by atoms with Crippen LogP contribution in [0.4, 0.5) is 18.3 Å². The largest absolute Gasteiger partial charge is 0.417 e. The van der Waals surface area contributed by atoms with E-state index in [4.69, 9.17) is 11.6 Å². The molecule has 0 saturated carbocycles. The number of hydrogen-bond acceptors (Lipinski definition) is 4. The number of hydrogen-bond donors (Lipinski definition) is 1. The average Bonchev–Trinajstić information content (AvgIpc) is 3.08. The molecule has 168 valence electrons. The Hall–Kier alpha value is -1.90. The van der Waals surface area contributed by atoms with Gasteiger partial charge >= 0.3 is 6.18 Å². The fourth-order valence-electron chi connectivity index (χ4n) is 3.84. The van der Waals surface area contributed by atoms with Crippen molar-refractivity contribution in [3.05, 3.63) is 45.8 Å². The number of carbonyl (C=O) groups is 1. The first-order valence-corrected chi connectivity index (χ1v) is 11.4. The van der Waals surface area contributed by atoms with Crippen molar-refractivity contribution >= 4 is 34.0 Å². The van der Waals surface area contributed by atoms with E-state index in [1.54, 1.807) is 0 Å².